The molecule has 2 atom stereocenters. The first kappa shape index (κ1) is 49.8. The third-order valence-electron chi connectivity index (χ3n) is 14.7. The predicted molar refractivity (Wildman–Crippen MR) is 258 cm³/mol. The first-order valence-electron chi connectivity index (χ1n) is 23.1. The zero-order valence-corrected chi connectivity index (χ0v) is 45.7. The monoisotopic (exact) mass is 934 g/mol. The van der Waals surface area contributed by atoms with Crippen LogP contribution in [-0.4, -0.2) is 0 Å². The van der Waals surface area contributed by atoms with Crippen molar-refractivity contribution in [2.75, 3.05) is 0 Å². The maximum Gasteiger partial charge on any atom is -1.00 e. The Labute approximate surface area is 390 Å². The van der Waals surface area contributed by atoms with E-state index in [1.165, 1.54) is 75.0 Å². The zero-order valence-electron chi connectivity index (χ0n) is 41.8. The van der Waals surface area contributed by atoms with Gasteiger partial charge >= 0.3 is 369 Å². The predicted octanol–water partition coefficient (Wildman–Crippen LogP) is 11.3. The topological polar surface area (TPSA) is 0 Å². The Morgan fingerprint density at radius 3 is 0.934 bits per heavy atom. The van der Waals surface area contributed by atoms with Gasteiger partial charge in [-0.1, -0.05) is 0 Å². The molecule has 0 saturated carbocycles. The summed E-state index contributed by atoms with van der Waals surface area (Å²) < 4.78 is 4.16. The zero-order chi connectivity index (χ0) is 43.7. The Kier molecular flexibility index (Phi) is 13.6. The van der Waals surface area contributed by atoms with Crippen LogP contribution in [0.1, 0.15) is 185 Å². The molecule has 61 heavy (non-hydrogen) atoms. The van der Waals surface area contributed by atoms with Gasteiger partial charge < -0.3 is 24.8 Å². The standard InChI is InChI=1S/2C28H37.C2H4.2ClH.Zr/c2*1-17(2)20-14-24-18(3)11-19(4)26(25(24)15-20)21-12-22(27(5,6)7)16-23(13-21)28(8,9)10;1-2;;;/h2*11-17H,1-10H3;1-2H2;2*1H;/q;;;;;+2/p-2. The van der Waals surface area contributed by atoms with Crippen molar-refractivity contribution in [3.05, 3.63) is 126 Å². The average molecular weight is 937 g/mol. The Bertz CT molecular complexity index is 2190. The SMILES string of the molecule is Cc1cc(C)c2c(c1-c1cc(C(C)(C)C)cc(C(C)(C)C)c1)C=C(C(C)C)[CH]2[Zr+2]1([CH]2C(C(C)C)=Cc3c(-c4cc(C(C)(C)C)cc(C(C)(C)C)c4)c(C)cc(C)c32)[CH2][CH2]1.[Cl-].[Cl-]. The number of fused-ring (bicyclic) bond motifs is 2. The summed E-state index contributed by atoms with van der Waals surface area (Å²) in [5, 5.41) is 0. The third-order valence-corrected chi connectivity index (χ3v) is 27.5. The fourth-order valence-electron chi connectivity index (χ4n) is 11.1. The van der Waals surface area contributed by atoms with Crippen LogP contribution < -0.4 is 24.8 Å². The smallest absolute Gasteiger partial charge is 1.00 e. The maximum atomic E-state index is 2.74. The van der Waals surface area contributed by atoms with E-state index in [9.17, 15) is 0 Å². The summed E-state index contributed by atoms with van der Waals surface area (Å²) in [6, 6.07) is 20.3. The van der Waals surface area contributed by atoms with E-state index in [4.69, 9.17) is 0 Å². The Morgan fingerprint density at radius 2 is 0.705 bits per heavy atom. The van der Waals surface area contributed by atoms with Crippen molar-refractivity contribution < 1.29 is 45.1 Å². The van der Waals surface area contributed by atoms with E-state index >= 15 is 0 Å². The fourth-order valence-corrected chi connectivity index (χ4v) is 29.7. The molecule has 0 bridgehead atoms. The largest absolute Gasteiger partial charge is 1.00 e. The number of benzene rings is 4. The molecule has 2 unspecified atom stereocenters. The van der Waals surface area contributed by atoms with Gasteiger partial charge in [0.1, 0.15) is 0 Å². The summed E-state index contributed by atoms with van der Waals surface area (Å²) in [4.78, 5) is 0. The van der Waals surface area contributed by atoms with E-state index in [1.54, 1.807) is 33.4 Å². The van der Waals surface area contributed by atoms with E-state index in [1.807, 2.05) is 0 Å². The van der Waals surface area contributed by atoms with Crippen molar-refractivity contribution in [2.24, 2.45) is 11.8 Å². The maximum absolute atomic E-state index is 3.08. The first-order chi connectivity index (χ1) is 27.1. The molecule has 0 spiro atoms. The van der Waals surface area contributed by atoms with Gasteiger partial charge in [-0.25, -0.2) is 0 Å². The Hall–Kier alpha value is -2.18. The molecule has 1 aliphatic heterocycles. The number of halogens is 2. The number of hydrogen-bond acceptors (Lipinski definition) is 0. The van der Waals surface area contributed by atoms with Gasteiger partial charge in [0.2, 0.25) is 0 Å². The van der Waals surface area contributed by atoms with Crippen LogP contribution in [0, 0.1) is 39.5 Å². The first-order valence-corrected chi connectivity index (χ1v) is 29.4. The normalized spacial score (nSPS) is 17.9. The second kappa shape index (κ2) is 16.7. The van der Waals surface area contributed by atoms with Crippen LogP contribution in [0.3, 0.4) is 0 Å². The summed E-state index contributed by atoms with van der Waals surface area (Å²) in [5.74, 6) is 1.02. The summed E-state index contributed by atoms with van der Waals surface area (Å²) in [5.41, 5.74) is 27.7. The van der Waals surface area contributed by atoms with Crippen molar-refractivity contribution in [3.8, 4) is 22.3 Å². The quantitative estimate of drug-likeness (QED) is 0.181. The molecule has 0 aromatic heterocycles. The van der Waals surface area contributed by atoms with E-state index in [0.29, 0.717) is 19.1 Å². The van der Waals surface area contributed by atoms with Crippen molar-refractivity contribution in [1.82, 2.24) is 0 Å². The molecule has 4 aromatic carbocycles. The number of aryl methyl sites for hydroxylation is 4. The van der Waals surface area contributed by atoms with Gasteiger partial charge in [-0.05, 0) is 0 Å². The summed E-state index contributed by atoms with van der Waals surface area (Å²) in [6.45, 7) is 48.2. The van der Waals surface area contributed by atoms with Gasteiger partial charge in [-0.3, -0.25) is 0 Å². The molecule has 0 N–H and O–H groups in total. The fraction of sp³-hybridized carbons (Fsp3) is 0.517. The summed E-state index contributed by atoms with van der Waals surface area (Å²) >= 11 is -3.08. The minimum Gasteiger partial charge on any atom is -1.00 e. The van der Waals surface area contributed by atoms with Gasteiger partial charge in [0.05, 0.1) is 0 Å². The van der Waals surface area contributed by atoms with Gasteiger partial charge in [0, 0.05) is 0 Å². The second-order valence-electron chi connectivity index (χ2n) is 24.2. The molecule has 1 heterocycles. The molecule has 7 rings (SSSR count). The van der Waals surface area contributed by atoms with Crippen molar-refractivity contribution in [2.45, 2.75) is 176 Å². The van der Waals surface area contributed by atoms with E-state index in [0.717, 1.165) is 0 Å². The van der Waals surface area contributed by atoms with Crippen molar-refractivity contribution in [3.63, 3.8) is 0 Å². The molecular weight excluding hydrogens is 859 g/mol. The van der Waals surface area contributed by atoms with Crippen LogP contribution in [0.15, 0.2) is 59.7 Å². The molecule has 328 valence electrons. The van der Waals surface area contributed by atoms with E-state index in [-0.39, 0.29) is 46.5 Å². The third kappa shape index (κ3) is 8.83. The van der Waals surface area contributed by atoms with Crippen molar-refractivity contribution >= 4 is 12.2 Å². The molecule has 1 fully saturated rings. The number of hydrogen-bond donors (Lipinski definition) is 0. The average Bonchev–Trinajstić information content (AvgIpc) is 3.60. The number of allylic oxidation sites excluding steroid dienone is 2. The van der Waals surface area contributed by atoms with Crippen LogP contribution in [0.5, 0.6) is 0 Å². The van der Waals surface area contributed by atoms with Crippen molar-refractivity contribution in [1.29, 1.82) is 0 Å². The number of rotatable bonds is 6. The van der Waals surface area contributed by atoms with Crippen LogP contribution in [0.25, 0.3) is 34.4 Å². The molecule has 2 aliphatic carbocycles. The van der Waals surface area contributed by atoms with Gasteiger partial charge in [-0.15, -0.1) is 0 Å². The van der Waals surface area contributed by atoms with Gasteiger partial charge in [0.15, 0.2) is 0 Å². The van der Waals surface area contributed by atoms with Gasteiger partial charge in [0.25, 0.3) is 0 Å². The molecule has 3 heteroatoms. The van der Waals surface area contributed by atoms with Gasteiger partial charge in [-0.2, -0.15) is 0 Å². The van der Waals surface area contributed by atoms with E-state index in [2.05, 4.69) is 199 Å². The van der Waals surface area contributed by atoms with Crippen LogP contribution in [-0.2, 0) is 41.9 Å². The molecule has 0 radical (unpaired) electrons. The van der Waals surface area contributed by atoms with E-state index < -0.39 is 20.3 Å². The summed E-state index contributed by atoms with van der Waals surface area (Å²) in [7, 11) is 0. The Balaban J connectivity index is 0.00000352. The molecule has 4 aromatic rings. The summed E-state index contributed by atoms with van der Waals surface area (Å²) in [6.07, 6.45) is 5.48. The molecule has 3 aliphatic rings. The second-order valence-corrected chi connectivity index (χ2v) is 35.6. The van der Waals surface area contributed by atoms with Crippen LogP contribution >= 0.6 is 0 Å². The minimum absolute atomic E-state index is 0. The minimum atomic E-state index is -3.08. The Morgan fingerprint density at radius 1 is 0.426 bits per heavy atom. The molecule has 1 saturated heterocycles. The van der Waals surface area contributed by atoms with Crippen LogP contribution in [0.4, 0.5) is 0 Å². The molecular formula is C58H78Cl2Zr. The molecule has 0 amide bonds. The van der Waals surface area contributed by atoms with Crippen LogP contribution in [0.2, 0.25) is 8.26 Å². The molecule has 0 nitrogen and oxygen atoms in total.